The summed E-state index contributed by atoms with van der Waals surface area (Å²) in [5.41, 5.74) is 0.841. The van der Waals surface area contributed by atoms with E-state index in [0.717, 1.165) is 12.8 Å². The molecule has 0 bridgehead atoms. The molecular weight excluding hydrogens is 269 g/mol. The molecule has 1 aliphatic rings. The SMILES string of the molecule is CC(C)C1(CNC(=O)c2cc(F)ccc2C#CCO)CC1. The molecule has 0 aliphatic heterocycles. The first-order valence-corrected chi connectivity index (χ1v) is 7.16. The first-order chi connectivity index (χ1) is 9.98. The van der Waals surface area contributed by atoms with E-state index in [1.165, 1.54) is 18.2 Å². The van der Waals surface area contributed by atoms with Gasteiger partial charge in [0, 0.05) is 12.1 Å². The van der Waals surface area contributed by atoms with Crippen LogP contribution >= 0.6 is 0 Å². The molecule has 0 spiro atoms. The van der Waals surface area contributed by atoms with Gasteiger partial charge >= 0.3 is 0 Å². The number of halogens is 1. The van der Waals surface area contributed by atoms with Crippen LogP contribution < -0.4 is 5.32 Å². The summed E-state index contributed by atoms with van der Waals surface area (Å²) < 4.78 is 13.4. The second-order valence-corrected chi connectivity index (χ2v) is 5.85. The molecule has 1 saturated carbocycles. The van der Waals surface area contributed by atoms with Crippen LogP contribution in [0.15, 0.2) is 18.2 Å². The molecule has 0 aromatic heterocycles. The monoisotopic (exact) mass is 289 g/mol. The minimum absolute atomic E-state index is 0.194. The van der Waals surface area contributed by atoms with Gasteiger partial charge in [0.15, 0.2) is 0 Å². The zero-order valence-corrected chi connectivity index (χ0v) is 12.4. The first kappa shape index (κ1) is 15.5. The molecule has 21 heavy (non-hydrogen) atoms. The summed E-state index contributed by atoms with van der Waals surface area (Å²) in [4.78, 5) is 12.3. The number of rotatable bonds is 4. The average Bonchev–Trinajstić information content (AvgIpc) is 3.24. The van der Waals surface area contributed by atoms with E-state index in [-0.39, 0.29) is 23.5 Å². The van der Waals surface area contributed by atoms with Gasteiger partial charge in [0.2, 0.25) is 0 Å². The highest BCUT2D eigenvalue weighted by Gasteiger charge is 2.45. The van der Waals surface area contributed by atoms with Crippen LogP contribution in [0.2, 0.25) is 0 Å². The van der Waals surface area contributed by atoms with Gasteiger partial charge in [-0.15, -0.1) is 0 Å². The minimum Gasteiger partial charge on any atom is -0.384 e. The first-order valence-electron chi connectivity index (χ1n) is 7.16. The number of carbonyl (C=O) groups is 1. The van der Waals surface area contributed by atoms with Gasteiger partial charge in [-0.25, -0.2) is 4.39 Å². The largest absolute Gasteiger partial charge is 0.384 e. The van der Waals surface area contributed by atoms with Gasteiger partial charge in [0.1, 0.15) is 12.4 Å². The van der Waals surface area contributed by atoms with Crippen LogP contribution in [-0.4, -0.2) is 24.2 Å². The predicted molar refractivity (Wildman–Crippen MR) is 79.2 cm³/mol. The number of benzene rings is 1. The molecule has 2 N–H and O–H groups in total. The molecule has 0 heterocycles. The minimum atomic E-state index is -0.473. The number of hydrogen-bond donors (Lipinski definition) is 2. The second kappa shape index (κ2) is 6.28. The molecule has 3 nitrogen and oxygen atoms in total. The van der Waals surface area contributed by atoms with E-state index in [1.807, 2.05) is 0 Å². The zero-order valence-electron chi connectivity index (χ0n) is 12.4. The molecular formula is C17H20FNO2. The Bertz CT molecular complexity index is 595. The van der Waals surface area contributed by atoms with E-state index in [0.29, 0.717) is 18.0 Å². The Kier molecular flexibility index (Phi) is 4.64. The van der Waals surface area contributed by atoms with Crippen molar-refractivity contribution in [2.45, 2.75) is 26.7 Å². The molecule has 1 aromatic rings. The Labute approximate surface area is 124 Å². The molecule has 4 heteroatoms. The normalized spacial score (nSPS) is 15.3. The molecule has 1 amide bonds. The molecule has 0 radical (unpaired) electrons. The van der Waals surface area contributed by atoms with E-state index < -0.39 is 5.82 Å². The van der Waals surface area contributed by atoms with Crippen molar-refractivity contribution in [2.24, 2.45) is 11.3 Å². The lowest BCUT2D eigenvalue weighted by Crippen LogP contribution is -2.33. The van der Waals surface area contributed by atoms with Gasteiger partial charge in [-0.1, -0.05) is 25.7 Å². The summed E-state index contributed by atoms with van der Waals surface area (Å²) in [5.74, 6) is 4.89. The molecule has 0 atom stereocenters. The predicted octanol–water partition coefficient (Wildman–Crippen LogP) is 2.34. The lowest BCUT2D eigenvalue weighted by atomic mass is 9.92. The number of amides is 1. The van der Waals surface area contributed by atoms with Gasteiger partial charge in [0.05, 0.1) is 5.56 Å². The Morgan fingerprint density at radius 1 is 1.48 bits per heavy atom. The van der Waals surface area contributed by atoms with Crippen LogP contribution in [0.3, 0.4) is 0 Å². The van der Waals surface area contributed by atoms with Gasteiger partial charge in [-0.3, -0.25) is 4.79 Å². The van der Waals surface area contributed by atoms with Crippen molar-refractivity contribution in [1.82, 2.24) is 5.32 Å². The van der Waals surface area contributed by atoms with E-state index >= 15 is 0 Å². The topological polar surface area (TPSA) is 49.3 Å². The Morgan fingerprint density at radius 2 is 2.19 bits per heavy atom. The average molecular weight is 289 g/mol. The summed E-state index contributed by atoms with van der Waals surface area (Å²) in [6.07, 6.45) is 2.23. The Hall–Kier alpha value is -1.86. The standard InChI is InChI=1S/C17H20FNO2/c1-12(2)17(7-8-17)11-19-16(21)15-10-14(18)6-5-13(15)4-3-9-20/h5-6,10,12,20H,7-9,11H2,1-2H3,(H,19,21). The van der Waals surface area contributed by atoms with Crippen LogP contribution in [0.5, 0.6) is 0 Å². The van der Waals surface area contributed by atoms with Crippen LogP contribution in [0.1, 0.15) is 42.6 Å². The van der Waals surface area contributed by atoms with Crippen molar-refractivity contribution in [3.8, 4) is 11.8 Å². The number of nitrogens with one attached hydrogen (secondary N) is 1. The summed E-state index contributed by atoms with van der Waals surface area (Å²) in [7, 11) is 0. The Balaban J connectivity index is 2.13. The number of aliphatic hydroxyl groups is 1. The van der Waals surface area contributed by atoms with Gasteiger partial charge in [-0.2, -0.15) is 0 Å². The maximum Gasteiger partial charge on any atom is 0.252 e. The smallest absolute Gasteiger partial charge is 0.252 e. The Morgan fingerprint density at radius 3 is 2.76 bits per heavy atom. The second-order valence-electron chi connectivity index (χ2n) is 5.85. The summed E-state index contributed by atoms with van der Waals surface area (Å²) in [6, 6.07) is 3.91. The van der Waals surface area contributed by atoms with Crippen LogP contribution in [-0.2, 0) is 0 Å². The van der Waals surface area contributed by atoms with Crippen LogP contribution in [0.4, 0.5) is 4.39 Å². The van der Waals surface area contributed by atoms with Crippen molar-refractivity contribution in [3.05, 3.63) is 35.1 Å². The van der Waals surface area contributed by atoms with Crippen molar-refractivity contribution < 1.29 is 14.3 Å². The fourth-order valence-electron chi connectivity index (χ4n) is 2.42. The third kappa shape index (κ3) is 3.62. The van der Waals surface area contributed by atoms with Crippen molar-refractivity contribution in [2.75, 3.05) is 13.2 Å². The zero-order chi connectivity index (χ0) is 15.5. The van der Waals surface area contributed by atoms with Crippen molar-refractivity contribution in [3.63, 3.8) is 0 Å². The van der Waals surface area contributed by atoms with Crippen LogP contribution in [0.25, 0.3) is 0 Å². The highest BCUT2D eigenvalue weighted by atomic mass is 19.1. The third-order valence-corrected chi connectivity index (χ3v) is 4.25. The lowest BCUT2D eigenvalue weighted by Gasteiger charge is -2.20. The molecule has 0 saturated heterocycles. The van der Waals surface area contributed by atoms with Crippen LogP contribution in [0, 0.1) is 29.0 Å². The fraction of sp³-hybridized carbons (Fsp3) is 0.471. The number of carbonyl (C=O) groups excluding carboxylic acids is 1. The van der Waals surface area contributed by atoms with Gasteiger partial charge in [-0.05, 0) is 42.4 Å². The van der Waals surface area contributed by atoms with E-state index in [9.17, 15) is 9.18 Å². The highest BCUT2D eigenvalue weighted by Crippen LogP contribution is 2.51. The fourth-order valence-corrected chi connectivity index (χ4v) is 2.42. The summed E-state index contributed by atoms with van der Waals surface area (Å²) >= 11 is 0. The number of aliphatic hydroxyl groups excluding tert-OH is 1. The van der Waals surface area contributed by atoms with Gasteiger partial charge < -0.3 is 10.4 Å². The quantitative estimate of drug-likeness (QED) is 0.836. The molecule has 1 aliphatic carbocycles. The molecule has 1 aromatic carbocycles. The molecule has 1 fully saturated rings. The highest BCUT2D eigenvalue weighted by molar-refractivity contribution is 5.96. The van der Waals surface area contributed by atoms with E-state index in [2.05, 4.69) is 31.0 Å². The molecule has 2 rings (SSSR count). The maximum absolute atomic E-state index is 13.4. The number of hydrogen-bond acceptors (Lipinski definition) is 2. The lowest BCUT2D eigenvalue weighted by molar-refractivity contribution is 0.0939. The van der Waals surface area contributed by atoms with E-state index in [4.69, 9.17) is 5.11 Å². The molecule has 112 valence electrons. The maximum atomic E-state index is 13.4. The third-order valence-electron chi connectivity index (χ3n) is 4.25. The van der Waals surface area contributed by atoms with Crippen molar-refractivity contribution >= 4 is 5.91 Å². The van der Waals surface area contributed by atoms with E-state index in [1.54, 1.807) is 0 Å². The molecule has 0 unspecified atom stereocenters. The van der Waals surface area contributed by atoms with Crippen molar-refractivity contribution in [1.29, 1.82) is 0 Å². The van der Waals surface area contributed by atoms with Gasteiger partial charge in [0.25, 0.3) is 5.91 Å². The summed E-state index contributed by atoms with van der Waals surface area (Å²) in [6.45, 7) is 4.61. The summed E-state index contributed by atoms with van der Waals surface area (Å²) in [5, 5.41) is 11.6.